The van der Waals surface area contributed by atoms with E-state index in [4.69, 9.17) is 10.5 Å². The lowest BCUT2D eigenvalue weighted by atomic mass is 9.89. The van der Waals surface area contributed by atoms with Gasteiger partial charge in [0.2, 0.25) is 0 Å². The Morgan fingerprint density at radius 1 is 1.23 bits per heavy atom. The minimum atomic E-state index is 0.464. The molecule has 22 heavy (non-hydrogen) atoms. The van der Waals surface area contributed by atoms with Gasteiger partial charge < -0.3 is 15.4 Å². The largest absolute Gasteiger partial charge is 0.496 e. The molecule has 0 atom stereocenters. The standard InChI is InChI=1S/C17H22N4O/c1-21-9-6-12(7-10-21)13-3-4-14(15(11-13)22-2)17-19-8-5-16(18)20-17/h3-5,8,11-12H,6-7,9-10H2,1-2H3,(H2,18,19,20). The monoisotopic (exact) mass is 298 g/mol. The number of hydrogen-bond donors (Lipinski definition) is 1. The molecule has 0 bridgehead atoms. The van der Waals surface area contributed by atoms with Crippen molar-refractivity contribution in [3.05, 3.63) is 36.0 Å². The first-order chi connectivity index (χ1) is 10.7. The summed E-state index contributed by atoms with van der Waals surface area (Å²) in [6, 6.07) is 8.02. The van der Waals surface area contributed by atoms with Crippen molar-refractivity contribution in [2.75, 3.05) is 33.0 Å². The second-order valence-corrected chi connectivity index (χ2v) is 5.84. The summed E-state index contributed by atoms with van der Waals surface area (Å²) < 4.78 is 5.56. The molecule has 1 saturated heterocycles. The molecule has 5 nitrogen and oxygen atoms in total. The van der Waals surface area contributed by atoms with Crippen LogP contribution in [0.3, 0.4) is 0 Å². The third-order valence-electron chi connectivity index (χ3n) is 4.33. The van der Waals surface area contributed by atoms with Gasteiger partial charge >= 0.3 is 0 Å². The molecule has 1 aromatic carbocycles. The smallest absolute Gasteiger partial charge is 0.165 e. The highest BCUT2D eigenvalue weighted by molar-refractivity contribution is 5.65. The summed E-state index contributed by atoms with van der Waals surface area (Å²) in [6.07, 6.45) is 4.05. The predicted molar refractivity (Wildman–Crippen MR) is 87.9 cm³/mol. The number of ether oxygens (including phenoxy) is 1. The Bertz CT molecular complexity index is 651. The maximum atomic E-state index is 5.75. The summed E-state index contributed by atoms with van der Waals surface area (Å²) in [7, 11) is 3.86. The molecule has 0 saturated carbocycles. The summed E-state index contributed by atoms with van der Waals surface area (Å²) >= 11 is 0. The number of nitrogens with two attached hydrogens (primary N) is 1. The first-order valence-electron chi connectivity index (χ1n) is 7.62. The minimum absolute atomic E-state index is 0.464. The van der Waals surface area contributed by atoms with Gasteiger partial charge in [-0.1, -0.05) is 6.07 Å². The van der Waals surface area contributed by atoms with Gasteiger partial charge in [-0.15, -0.1) is 0 Å². The maximum Gasteiger partial charge on any atom is 0.165 e. The molecule has 0 aliphatic carbocycles. The van der Waals surface area contributed by atoms with Crippen LogP contribution in [0.4, 0.5) is 5.82 Å². The molecular formula is C17H22N4O. The van der Waals surface area contributed by atoms with Crippen molar-refractivity contribution < 1.29 is 4.74 Å². The van der Waals surface area contributed by atoms with Crippen molar-refractivity contribution in [2.45, 2.75) is 18.8 Å². The Labute approximate surface area is 131 Å². The summed E-state index contributed by atoms with van der Waals surface area (Å²) in [4.78, 5) is 11.0. The van der Waals surface area contributed by atoms with Crippen molar-refractivity contribution >= 4 is 5.82 Å². The molecule has 3 rings (SSSR count). The van der Waals surface area contributed by atoms with E-state index in [0.717, 1.165) is 24.4 Å². The number of rotatable bonds is 3. The van der Waals surface area contributed by atoms with Crippen molar-refractivity contribution in [1.82, 2.24) is 14.9 Å². The highest BCUT2D eigenvalue weighted by atomic mass is 16.5. The van der Waals surface area contributed by atoms with Crippen LogP contribution in [0.2, 0.25) is 0 Å². The van der Waals surface area contributed by atoms with Crippen molar-refractivity contribution in [2.24, 2.45) is 0 Å². The highest BCUT2D eigenvalue weighted by Gasteiger charge is 2.20. The number of likely N-dealkylation sites (tertiary alicyclic amines) is 1. The Morgan fingerprint density at radius 3 is 2.68 bits per heavy atom. The van der Waals surface area contributed by atoms with Gasteiger partial charge in [0.1, 0.15) is 11.6 Å². The van der Waals surface area contributed by atoms with Crippen LogP contribution in [-0.2, 0) is 0 Å². The molecule has 116 valence electrons. The Kier molecular flexibility index (Phi) is 4.24. The first kappa shape index (κ1) is 14.8. The van der Waals surface area contributed by atoms with Gasteiger partial charge in [0.05, 0.1) is 12.7 Å². The zero-order valence-electron chi connectivity index (χ0n) is 13.1. The number of nitrogen functional groups attached to an aromatic ring is 1. The summed E-state index contributed by atoms with van der Waals surface area (Å²) in [6.45, 7) is 2.29. The van der Waals surface area contributed by atoms with Crippen molar-refractivity contribution in [3.63, 3.8) is 0 Å². The average Bonchev–Trinajstić information content (AvgIpc) is 2.55. The van der Waals surface area contributed by atoms with Crippen LogP contribution < -0.4 is 10.5 Å². The van der Waals surface area contributed by atoms with Crippen LogP contribution in [0.15, 0.2) is 30.5 Å². The molecule has 0 radical (unpaired) electrons. The van der Waals surface area contributed by atoms with Gasteiger partial charge in [-0.2, -0.15) is 0 Å². The molecule has 0 spiro atoms. The lowest BCUT2D eigenvalue weighted by Gasteiger charge is -2.29. The van der Waals surface area contributed by atoms with Gasteiger partial charge in [0.25, 0.3) is 0 Å². The van der Waals surface area contributed by atoms with E-state index in [-0.39, 0.29) is 0 Å². The molecule has 5 heteroatoms. The average molecular weight is 298 g/mol. The molecule has 2 heterocycles. The number of piperidine rings is 1. The maximum absolute atomic E-state index is 5.75. The summed E-state index contributed by atoms with van der Waals surface area (Å²) in [5, 5.41) is 0. The van der Waals surface area contributed by atoms with E-state index >= 15 is 0 Å². The number of hydrogen-bond acceptors (Lipinski definition) is 5. The number of methoxy groups -OCH3 is 1. The van der Waals surface area contributed by atoms with E-state index < -0.39 is 0 Å². The van der Waals surface area contributed by atoms with Crippen LogP contribution in [0.1, 0.15) is 24.3 Å². The first-order valence-corrected chi connectivity index (χ1v) is 7.62. The minimum Gasteiger partial charge on any atom is -0.496 e. The van der Waals surface area contributed by atoms with Gasteiger partial charge in [-0.3, -0.25) is 0 Å². The second-order valence-electron chi connectivity index (χ2n) is 5.84. The second kappa shape index (κ2) is 6.32. The van der Waals surface area contributed by atoms with Crippen LogP contribution in [-0.4, -0.2) is 42.1 Å². The van der Waals surface area contributed by atoms with Crippen molar-refractivity contribution in [1.29, 1.82) is 0 Å². The lowest BCUT2D eigenvalue weighted by molar-refractivity contribution is 0.255. The van der Waals surface area contributed by atoms with Gasteiger partial charge in [0, 0.05) is 6.20 Å². The third-order valence-corrected chi connectivity index (χ3v) is 4.33. The van der Waals surface area contributed by atoms with Gasteiger partial charge in [-0.25, -0.2) is 9.97 Å². The summed E-state index contributed by atoms with van der Waals surface area (Å²) in [5.41, 5.74) is 7.96. The number of benzene rings is 1. The number of nitrogens with zero attached hydrogens (tertiary/aromatic N) is 3. The fraction of sp³-hybridized carbons (Fsp3) is 0.412. The van der Waals surface area contributed by atoms with E-state index in [2.05, 4.69) is 34.0 Å². The molecule has 1 fully saturated rings. The lowest BCUT2D eigenvalue weighted by Crippen LogP contribution is -2.29. The van der Waals surface area contributed by atoms with E-state index in [1.807, 2.05) is 6.07 Å². The molecule has 1 aliphatic rings. The van der Waals surface area contributed by atoms with Crippen molar-refractivity contribution in [3.8, 4) is 17.1 Å². The molecule has 1 aliphatic heterocycles. The molecule has 1 aromatic heterocycles. The molecule has 0 unspecified atom stereocenters. The zero-order valence-corrected chi connectivity index (χ0v) is 13.1. The summed E-state index contributed by atoms with van der Waals surface area (Å²) in [5.74, 6) is 2.47. The van der Waals surface area contributed by atoms with Crippen LogP contribution in [0, 0.1) is 0 Å². The van der Waals surface area contributed by atoms with E-state index in [9.17, 15) is 0 Å². The fourth-order valence-electron chi connectivity index (χ4n) is 2.99. The van der Waals surface area contributed by atoms with E-state index in [1.54, 1.807) is 19.4 Å². The van der Waals surface area contributed by atoms with Gasteiger partial charge in [0.15, 0.2) is 5.82 Å². The molecule has 2 aromatic rings. The molecular weight excluding hydrogens is 276 g/mol. The van der Waals surface area contributed by atoms with Crippen LogP contribution in [0.5, 0.6) is 5.75 Å². The van der Waals surface area contributed by atoms with Crippen LogP contribution in [0.25, 0.3) is 11.4 Å². The SMILES string of the molecule is COc1cc(C2CCN(C)CC2)ccc1-c1nccc(N)n1. The topological polar surface area (TPSA) is 64.3 Å². The zero-order chi connectivity index (χ0) is 15.5. The number of anilines is 1. The third kappa shape index (κ3) is 3.04. The Morgan fingerprint density at radius 2 is 2.00 bits per heavy atom. The Balaban J connectivity index is 1.91. The normalized spacial score (nSPS) is 16.6. The number of aromatic nitrogens is 2. The quantitative estimate of drug-likeness (QED) is 0.943. The van der Waals surface area contributed by atoms with E-state index in [1.165, 1.54) is 18.4 Å². The van der Waals surface area contributed by atoms with E-state index in [0.29, 0.717) is 17.6 Å². The highest BCUT2D eigenvalue weighted by Crippen LogP contribution is 2.34. The Hall–Kier alpha value is -2.14. The molecule has 0 amide bonds. The fourth-order valence-corrected chi connectivity index (χ4v) is 2.99. The van der Waals surface area contributed by atoms with Crippen LogP contribution >= 0.6 is 0 Å². The molecule has 2 N–H and O–H groups in total. The van der Waals surface area contributed by atoms with Gasteiger partial charge in [-0.05, 0) is 62.7 Å². The predicted octanol–water partition coefficient (Wildman–Crippen LogP) is 2.54.